The van der Waals surface area contributed by atoms with Gasteiger partial charge in [0.15, 0.2) is 11.6 Å². The second-order valence-electron chi connectivity index (χ2n) is 5.74. The number of nitrogens with zero attached hydrogens (tertiary/aromatic N) is 2. The van der Waals surface area contributed by atoms with Gasteiger partial charge in [0.05, 0.1) is 7.11 Å². The van der Waals surface area contributed by atoms with E-state index < -0.39 is 0 Å². The molecule has 1 aliphatic heterocycles. The number of nitrogens with one attached hydrogen (secondary N) is 1. The third-order valence-corrected chi connectivity index (χ3v) is 4.24. The zero-order valence-corrected chi connectivity index (χ0v) is 13.4. The molecule has 5 heteroatoms. The van der Waals surface area contributed by atoms with E-state index in [-0.39, 0.29) is 11.9 Å². The quantitative estimate of drug-likeness (QED) is 0.895. The molecule has 0 aromatic heterocycles. The average molecular weight is 295 g/mol. The Hall–Kier alpha value is -1.17. The number of rotatable bonds is 5. The number of ether oxygens (including phenoxy) is 1. The summed E-state index contributed by atoms with van der Waals surface area (Å²) < 4.78 is 19.0. The lowest BCUT2D eigenvalue weighted by Gasteiger charge is -2.42. The van der Waals surface area contributed by atoms with E-state index in [2.05, 4.69) is 36.1 Å². The molecule has 0 spiro atoms. The number of halogens is 1. The highest BCUT2D eigenvalue weighted by Crippen LogP contribution is 2.27. The first-order chi connectivity index (χ1) is 10.1. The van der Waals surface area contributed by atoms with Crippen LogP contribution in [0.4, 0.5) is 4.39 Å². The fraction of sp³-hybridized carbons (Fsp3) is 0.625. The predicted molar refractivity (Wildman–Crippen MR) is 83.3 cm³/mol. The monoisotopic (exact) mass is 295 g/mol. The second-order valence-corrected chi connectivity index (χ2v) is 5.74. The highest BCUT2D eigenvalue weighted by Gasteiger charge is 2.30. The summed E-state index contributed by atoms with van der Waals surface area (Å²) >= 11 is 0. The minimum atomic E-state index is -0.301. The normalized spacial score (nSPS) is 22.2. The molecule has 1 N–H and O–H groups in total. The Morgan fingerprint density at radius 1 is 1.38 bits per heavy atom. The first kappa shape index (κ1) is 16.2. The fourth-order valence-corrected chi connectivity index (χ4v) is 2.98. The lowest BCUT2D eigenvalue weighted by Crippen LogP contribution is -2.55. The van der Waals surface area contributed by atoms with Crippen molar-refractivity contribution in [1.29, 1.82) is 0 Å². The van der Waals surface area contributed by atoms with Crippen LogP contribution in [-0.4, -0.2) is 63.2 Å². The molecule has 118 valence electrons. The van der Waals surface area contributed by atoms with Crippen molar-refractivity contribution in [2.24, 2.45) is 0 Å². The molecule has 0 saturated carbocycles. The molecule has 2 unspecified atom stereocenters. The summed E-state index contributed by atoms with van der Waals surface area (Å²) in [5.41, 5.74) is 0.974. The van der Waals surface area contributed by atoms with Crippen molar-refractivity contribution in [3.63, 3.8) is 0 Å². The molecule has 1 aromatic rings. The van der Waals surface area contributed by atoms with Crippen molar-refractivity contribution in [3.05, 3.63) is 29.6 Å². The SMILES string of the molecule is CCNC(c1ccc(OC)c(F)c1)C1CN(C)CCN1C. The van der Waals surface area contributed by atoms with Crippen LogP contribution >= 0.6 is 0 Å². The standard InChI is InChI=1S/C16H26FN3O/c1-5-18-16(14-11-19(2)8-9-20(14)3)12-6-7-15(21-4)13(17)10-12/h6-7,10,14,16,18H,5,8-9,11H2,1-4H3. The van der Waals surface area contributed by atoms with Gasteiger partial charge in [-0.05, 0) is 38.3 Å². The van der Waals surface area contributed by atoms with E-state index in [0.717, 1.165) is 31.7 Å². The van der Waals surface area contributed by atoms with Gasteiger partial charge in [-0.2, -0.15) is 0 Å². The maximum absolute atomic E-state index is 14.0. The summed E-state index contributed by atoms with van der Waals surface area (Å²) in [5.74, 6) is -0.00663. The first-order valence-electron chi connectivity index (χ1n) is 7.52. The van der Waals surface area contributed by atoms with Gasteiger partial charge in [-0.1, -0.05) is 13.0 Å². The predicted octanol–water partition coefficient (Wildman–Crippen LogP) is 1.73. The van der Waals surface area contributed by atoms with Gasteiger partial charge in [0, 0.05) is 31.7 Å². The zero-order valence-electron chi connectivity index (χ0n) is 13.4. The van der Waals surface area contributed by atoms with E-state index in [4.69, 9.17) is 4.74 Å². The average Bonchev–Trinajstić information content (AvgIpc) is 2.47. The molecule has 0 amide bonds. The summed E-state index contributed by atoms with van der Waals surface area (Å²) in [6.45, 7) is 6.01. The van der Waals surface area contributed by atoms with Crippen molar-refractivity contribution in [1.82, 2.24) is 15.1 Å². The Kier molecular flexibility index (Phi) is 5.56. The van der Waals surface area contributed by atoms with Crippen LogP contribution in [0.1, 0.15) is 18.5 Å². The van der Waals surface area contributed by atoms with Crippen molar-refractivity contribution >= 4 is 0 Å². The molecule has 0 aliphatic carbocycles. The van der Waals surface area contributed by atoms with Crippen LogP contribution in [0.2, 0.25) is 0 Å². The molecular formula is C16H26FN3O. The van der Waals surface area contributed by atoms with Gasteiger partial charge in [-0.15, -0.1) is 0 Å². The number of piperazine rings is 1. The molecule has 1 heterocycles. The Morgan fingerprint density at radius 2 is 2.14 bits per heavy atom. The molecule has 1 fully saturated rings. The third kappa shape index (κ3) is 3.73. The van der Waals surface area contributed by atoms with E-state index in [0.29, 0.717) is 11.8 Å². The van der Waals surface area contributed by atoms with Gasteiger partial charge < -0.3 is 15.0 Å². The van der Waals surface area contributed by atoms with E-state index >= 15 is 0 Å². The second kappa shape index (κ2) is 7.20. The smallest absolute Gasteiger partial charge is 0.165 e. The highest BCUT2D eigenvalue weighted by atomic mass is 19.1. The van der Waals surface area contributed by atoms with Crippen LogP contribution < -0.4 is 10.1 Å². The van der Waals surface area contributed by atoms with Crippen LogP contribution in [0, 0.1) is 5.82 Å². The van der Waals surface area contributed by atoms with Crippen molar-refractivity contribution in [2.75, 3.05) is 47.4 Å². The molecule has 1 saturated heterocycles. The van der Waals surface area contributed by atoms with Gasteiger partial charge in [0.1, 0.15) is 0 Å². The summed E-state index contributed by atoms with van der Waals surface area (Å²) in [5, 5.41) is 3.51. The lowest BCUT2D eigenvalue weighted by molar-refractivity contribution is 0.0879. The Balaban J connectivity index is 2.27. The van der Waals surface area contributed by atoms with Gasteiger partial charge in [-0.25, -0.2) is 4.39 Å². The number of hydrogen-bond acceptors (Lipinski definition) is 4. The van der Waals surface area contributed by atoms with Gasteiger partial charge in [0.2, 0.25) is 0 Å². The van der Waals surface area contributed by atoms with E-state index in [1.165, 1.54) is 7.11 Å². The molecule has 4 nitrogen and oxygen atoms in total. The topological polar surface area (TPSA) is 27.7 Å². The van der Waals surface area contributed by atoms with Crippen molar-refractivity contribution in [3.8, 4) is 5.75 Å². The molecule has 2 rings (SSSR count). The maximum atomic E-state index is 14.0. The largest absolute Gasteiger partial charge is 0.494 e. The molecular weight excluding hydrogens is 269 g/mol. The minimum absolute atomic E-state index is 0.114. The number of hydrogen-bond donors (Lipinski definition) is 1. The summed E-state index contributed by atoms with van der Waals surface area (Å²) in [7, 11) is 5.77. The molecule has 0 radical (unpaired) electrons. The first-order valence-corrected chi connectivity index (χ1v) is 7.52. The Bertz CT molecular complexity index is 469. The molecule has 21 heavy (non-hydrogen) atoms. The fourth-order valence-electron chi connectivity index (χ4n) is 2.98. The summed E-state index contributed by atoms with van der Waals surface area (Å²) in [4.78, 5) is 4.68. The van der Waals surface area contributed by atoms with Gasteiger partial charge in [-0.3, -0.25) is 4.90 Å². The van der Waals surface area contributed by atoms with Gasteiger partial charge >= 0.3 is 0 Å². The summed E-state index contributed by atoms with van der Waals surface area (Å²) in [6, 6.07) is 5.70. The van der Waals surface area contributed by atoms with Crippen molar-refractivity contribution in [2.45, 2.75) is 19.0 Å². The Labute approximate surface area is 126 Å². The Morgan fingerprint density at radius 3 is 2.76 bits per heavy atom. The van der Waals surface area contributed by atoms with Crippen LogP contribution in [-0.2, 0) is 0 Å². The number of methoxy groups -OCH3 is 1. The van der Waals surface area contributed by atoms with Crippen LogP contribution in [0.25, 0.3) is 0 Å². The van der Waals surface area contributed by atoms with Crippen LogP contribution in [0.3, 0.4) is 0 Å². The van der Waals surface area contributed by atoms with Crippen LogP contribution in [0.5, 0.6) is 5.75 Å². The molecule has 0 bridgehead atoms. The number of likely N-dealkylation sites (N-methyl/N-ethyl adjacent to an activating group) is 3. The highest BCUT2D eigenvalue weighted by molar-refractivity contribution is 5.32. The number of benzene rings is 1. The molecule has 1 aromatic carbocycles. The van der Waals surface area contributed by atoms with E-state index in [1.54, 1.807) is 12.1 Å². The third-order valence-electron chi connectivity index (χ3n) is 4.24. The minimum Gasteiger partial charge on any atom is -0.494 e. The lowest BCUT2D eigenvalue weighted by atomic mass is 9.96. The van der Waals surface area contributed by atoms with Crippen LogP contribution in [0.15, 0.2) is 18.2 Å². The van der Waals surface area contributed by atoms with Crippen molar-refractivity contribution < 1.29 is 9.13 Å². The molecule has 2 atom stereocenters. The van der Waals surface area contributed by atoms with Gasteiger partial charge in [0.25, 0.3) is 0 Å². The zero-order chi connectivity index (χ0) is 15.4. The van der Waals surface area contributed by atoms with E-state index in [9.17, 15) is 4.39 Å². The molecule has 1 aliphatic rings. The summed E-state index contributed by atoms with van der Waals surface area (Å²) in [6.07, 6.45) is 0. The van der Waals surface area contributed by atoms with E-state index in [1.807, 2.05) is 6.07 Å². The maximum Gasteiger partial charge on any atom is 0.165 e.